The van der Waals surface area contributed by atoms with Gasteiger partial charge in [-0.05, 0) is 66.8 Å². The van der Waals surface area contributed by atoms with E-state index in [2.05, 4.69) is 20.6 Å². The van der Waals surface area contributed by atoms with Crippen molar-refractivity contribution in [3.05, 3.63) is 78.6 Å². The van der Waals surface area contributed by atoms with Crippen LogP contribution in [0.5, 0.6) is 5.75 Å². The van der Waals surface area contributed by atoms with Gasteiger partial charge in [-0.2, -0.15) is 0 Å². The van der Waals surface area contributed by atoms with E-state index in [-0.39, 0.29) is 12.6 Å². The van der Waals surface area contributed by atoms with Crippen LogP contribution in [-0.4, -0.2) is 58.4 Å². The third-order valence-corrected chi connectivity index (χ3v) is 6.69. The molecule has 0 bridgehead atoms. The zero-order chi connectivity index (χ0) is 25.5. The van der Waals surface area contributed by atoms with Crippen LogP contribution in [0.2, 0.25) is 0 Å². The minimum atomic E-state index is -0.231. The number of amides is 2. The van der Waals surface area contributed by atoms with Crippen molar-refractivity contribution in [2.45, 2.75) is 31.8 Å². The molecule has 1 fully saturated rings. The third kappa shape index (κ3) is 6.10. The number of carbonyl (C=O) groups is 1. The van der Waals surface area contributed by atoms with E-state index in [1.807, 2.05) is 66.9 Å². The lowest BCUT2D eigenvalue weighted by Gasteiger charge is -2.24. The summed E-state index contributed by atoms with van der Waals surface area (Å²) in [5.74, 6) is 0.627. The maximum absolute atomic E-state index is 13.4. The standard InChI is InChI=1S/C29H33N5O3/c35-17-5-16-34(19-21-6-2-1-3-7-21)29(36)33-26-10-9-22(18-27(26)37-20-23-8-4-13-30-23)24-11-14-31-28-25(24)12-15-32-28/h1-3,6-7,9-12,14-15,18,23,30,35H,4-5,8,13,16-17,19-20H2,(H,31,32)(H,33,36). The SMILES string of the molecule is O=C(Nc1ccc(-c2ccnc3[nH]ccc23)cc1OCC1CCCN1)N(CCCO)Cc1ccccc1. The summed E-state index contributed by atoms with van der Waals surface area (Å²) in [6, 6.07) is 19.8. The number of H-pyrrole nitrogens is 1. The summed E-state index contributed by atoms with van der Waals surface area (Å²) < 4.78 is 6.30. The quantitative estimate of drug-likeness (QED) is 0.252. The Balaban J connectivity index is 1.41. The molecular weight excluding hydrogens is 466 g/mol. The van der Waals surface area contributed by atoms with Crippen molar-refractivity contribution < 1.29 is 14.6 Å². The molecule has 1 unspecified atom stereocenters. The number of nitrogens with zero attached hydrogens (tertiary/aromatic N) is 2. The largest absolute Gasteiger partial charge is 0.490 e. The van der Waals surface area contributed by atoms with Crippen molar-refractivity contribution in [2.75, 3.05) is 31.6 Å². The summed E-state index contributed by atoms with van der Waals surface area (Å²) in [6.07, 6.45) is 6.38. The van der Waals surface area contributed by atoms with Gasteiger partial charge in [0.1, 0.15) is 18.0 Å². The van der Waals surface area contributed by atoms with Crippen LogP contribution in [0.25, 0.3) is 22.2 Å². The van der Waals surface area contributed by atoms with Crippen molar-refractivity contribution in [1.82, 2.24) is 20.2 Å². The average Bonchev–Trinajstić information content (AvgIpc) is 3.63. The van der Waals surface area contributed by atoms with Gasteiger partial charge in [0, 0.05) is 43.5 Å². The number of carbonyl (C=O) groups excluding carboxylic acids is 1. The van der Waals surface area contributed by atoms with E-state index in [1.165, 1.54) is 0 Å². The Hall–Kier alpha value is -3.88. The number of benzene rings is 2. The minimum Gasteiger partial charge on any atom is -0.490 e. The third-order valence-electron chi connectivity index (χ3n) is 6.69. The lowest BCUT2D eigenvalue weighted by atomic mass is 10.0. The topological polar surface area (TPSA) is 103 Å². The smallest absolute Gasteiger partial charge is 0.322 e. The Morgan fingerprint density at radius 1 is 1.16 bits per heavy atom. The average molecular weight is 500 g/mol. The predicted molar refractivity (Wildman–Crippen MR) is 146 cm³/mol. The molecule has 192 valence electrons. The van der Waals surface area contributed by atoms with E-state index in [1.54, 1.807) is 11.1 Å². The van der Waals surface area contributed by atoms with Crippen molar-refractivity contribution in [2.24, 2.45) is 0 Å². The van der Waals surface area contributed by atoms with Gasteiger partial charge in [-0.1, -0.05) is 36.4 Å². The van der Waals surface area contributed by atoms with Gasteiger partial charge in [-0.3, -0.25) is 0 Å². The second-order valence-electron chi connectivity index (χ2n) is 9.33. The number of anilines is 1. The molecule has 2 aromatic heterocycles. The van der Waals surface area contributed by atoms with Crippen LogP contribution in [0.3, 0.4) is 0 Å². The summed E-state index contributed by atoms with van der Waals surface area (Å²) in [7, 11) is 0. The molecular formula is C29H33N5O3. The highest BCUT2D eigenvalue weighted by molar-refractivity contribution is 5.95. The van der Waals surface area contributed by atoms with Gasteiger partial charge in [0.15, 0.2) is 0 Å². The van der Waals surface area contributed by atoms with Crippen LogP contribution in [0, 0.1) is 0 Å². The van der Waals surface area contributed by atoms with Gasteiger partial charge in [0.25, 0.3) is 0 Å². The number of aromatic nitrogens is 2. The normalized spacial score (nSPS) is 15.1. The van der Waals surface area contributed by atoms with Gasteiger partial charge in [-0.25, -0.2) is 9.78 Å². The number of aromatic amines is 1. The van der Waals surface area contributed by atoms with Gasteiger partial charge in [-0.15, -0.1) is 0 Å². The maximum atomic E-state index is 13.4. The van der Waals surface area contributed by atoms with E-state index >= 15 is 0 Å². The first-order valence-corrected chi connectivity index (χ1v) is 12.8. The molecule has 1 atom stereocenters. The van der Waals surface area contributed by atoms with Crippen molar-refractivity contribution in [3.63, 3.8) is 0 Å². The molecule has 37 heavy (non-hydrogen) atoms. The molecule has 5 rings (SSSR count). The van der Waals surface area contributed by atoms with Crippen LogP contribution in [0.15, 0.2) is 73.1 Å². The van der Waals surface area contributed by atoms with Gasteiger partial charge in [0.05, 0.1) is 5.69 Å². The van der Waals surface area contributed by atoms with Crippen molar-refractivity contribution >= 4 is 22.8 Å². The van der Waals surface area contributed by atoms with Gasteiger partial charge < -0.3 is 30.4 Å². The van der Waals surface area contributed by atoms with Crippen LogP contribution < -0.4 is 15.4 Å². The molecule has 0 saturated carbocycles. The molecule has 0 spiro atoms. The number of rotatable bonds is 10. The number of pyridine rings is 1. The lowest BCUT2D eigenvalue weighted by Crippen LogP contribution is -2.36. The Kier molecular flexibility index (Phi) is 7.98. The monoisotopic (exact) mass is 499 g/mol. The Labute approximate surface area is 216 Å². The zero-order valence-electron chi connectivity index (χ0n) is 20.8. The molecule has 3 heterocycles. The Morgan fingerprint density at radius 3 is 2.86 bits per heavy atom. The lowest BCUT2D eigenvalue weighted by molar-refractivity contribution is 0.199. The fraction of sp³-hybridized carbons (Fsp3) is 0.310. The Bertz CT molecular complexity index is 1320. The van der Waals surface area contributed by atoms with E-state index in [4.69, 9.17) is 4.74 Å². The molecule has 0 aliphatic carbocycles. The molecule has 0 radical (unpaired) electrons. The first-order valence-electron chi connectivity index (χ1n) is 12.8. The summed E-state index contributed by atoms with van der Waals surface area (Å²) in [4.78, 5) is 22.7. The molecule has 4 aromatic rings. The van der Waals surface area contributed by atoms with E-state index < -0.39 is 0 Å². The number of aliphatic hydroxyl groups is 1. The first kappa shape index (κ1) is 24.8. The number of nitrogens with one attached hydrogen (secondary N) is 3. The van der Waals surface area contributed by atoms with E-state index in [0.717, 1.165) is 47.1 Å². The van der Waals surface area contributed by atoms with E-state index in [9.17, 15) is 9.90 Å². The second kappa shape index (κ2) is 11.9. The van der Waals surface area contributed by atoms with E-state index in [0.29, 0.717) is 43.6 Å². The molecule has 1 saturated heterocycles. The molecule has 2 amide bonds. The van der Waals surface area contributed by atoms with Crippen LogP contribution in [0.1, 0.15) is 24.8 Å². The number of hydrogen-bond donors (Lipinski definition) is 4. The molecule has 1 aliphatic rings. The number of fused-ring (bicyclic) bond motifs is 1. The van der Waals surface area contributed by atoms with Gasteiger partial charge in [0.2, 0.25) is 0 Å². The maximum Gasteiger partial charge on any atom is 0.322 e. The highest BCUT2D eigenvalue weighted by Gasteiger charge is 2.19. The number of ether oxygens (including phenoxy) is 1. The summed E-state index contributed by atoms with van der Waals surface area (Å²) in [6.45, 7) is 2.45. The summed E-state index contributed by atoms with van der Waals surface area (Å²) in [5, 5.41) is 16.9. The molecule has 1 aliphatic heterocycles. The Morgan fingerprint density at radius 2 is 2.05 bits per heavy atom. The fourth-order valence-corrected chi connectivity index (χ4v) is 4.73. The molecule has 8 nitrogen and oxygen atoms in total. The minimum absolute atomic E-state index is 0.0234. The zero-order valence-corrected chi connectivity index (χ0v) is 20.8. The second-order valence-corrected chi connectivity index (χ2v) is 9.33. The predicted octanol–water partition coefficient (Wildman–Crippen LogP) is 4.78. The summed E-state index contributed by atoms with van der Waals surface area (Å²) in [5.41, 5.74) is 4.51. The first-order chi connectivity index (χ1) is 18.2. The van der Waals surface area contributed by atoms with Crippen LogP contribution in [0.4, 0.5) is 10.5 Å². The number of aliphatic hydroxyl groups excluding tert-OH is 1. The van der Waals surface area contributed by atoms with Crippen molar-refractivity contribution in [3.8, 4) is 16.9 Å². The van der Waals surface area contributed by atoms with Crippen LogP contribution >= 0.6 is 0 Å². The number of urea groups is 1. The molecule has 8 heteroatoms. The van der Waals surface area contributed by atoms with Crippen molar-refractivity contribution in [1.29, 1.82) is 0 Å². The fourth-order valence-electron chi connectivity index (χ4n) is 4.73. The molecule has 4 N–H and O–H groups in total. The molecule has 2 aromatic carbocycles. The highest BCUT2D eigenvalue weighted by atomic mass is 16.5. The number of hydrogen-bond acceptors (Lipinski definition) is 5. The highest BCUT2D eigenvalue weighted by Crippen LogP contribution is 2.34. The summed E-state index contributed by atoms with van der Waals surface area (Å²) >= 11 is 0. The van der Waals surface area contributed by atoms with Crippen LogP contribution in [-0.2, 0) is 6.54 Å². The van der Waals surface area contributed by atoms with Gasteiger partial charge >= 0.3 is 6.03 Å².